The van der Waals surface area contributed by atoms with Gasteiger partial charge in [-0.15, -0.1) is 0 Å². The first-order valence-electron chi connectivity index (χ1n) is 8.98. The second-order valence-electron chi connectivity index (χ2n) is 7.75. The van der Waals surface area contributed by atoms with Crippen LogP contribution < -0.4 is 10.2 Å². The molecule has 26 heavy (non-hydrogen) atoms. The molecule has 2 aromatic carbocycles. The summed E-state index contributed by atoms with van der Waals surface area (Å²) in [4.78, 5) is 14.7. The van der Waals surface area contributed by atoms with E-state index in [9.17, 15) is 4.79 Å². The molecule has 2 heterocycles. The lowest BCUT2D eigenvalue weighted by Gasteiger charge is -2.49. The molecule has 1 amide bonds. The normalized spacial score (nSPS) is 23.7. The number of halogens is 1. The van der Waals surface area contributed by atoms with Crippen LogP contribution in [-0.2, 0) is 10.2 Å². The van der Waals surface area contributed by atoms with Gasteiger partial charge in [-0.25, -0.2) is 0 Å². The van der Waals surface area contributed by atoms with E-state index in [1.807, 2.05) is 24.3 Å². The van der Waals surface area contributed by atoms with Crippen molar-refractivity contribution in [2.75, 3.05) is 11.4 Å². The Balaban J connectivity index is 1.86. The number of nitrogens with one attached hydrogen (secondary N) is 1. The molecule has 4 rings (SSSR count). The maximum atomic E-state index is 12.4. The zero-order valence-electron chi connectivity index (χ0n) is 15.3. The number of nitrogens with zero attached hydrogens (tertiary/aromatic N) is 1. The van der Waals surface area contributed by atoms with Crippen LogP contribution in [0.3, 0.4) is 0 Å². The van der Waals surface area contributed by atoms with Gasteiger partial charge in [0.05, 0.1) is 0 Å². The van der Waals surface area contributed by atoms with Crippen molar-refractivity contribution in [3.05, 3.63) is 70.3 Å². The summed E-state index contributed by atoms with van der Waals surface area (Å²) in [5.41, 5.74) is 3.89. The number of aryl methyl sites for hydroxylation is 1. The Labute approximate surface area is 159 Å². The molecule has 1 fully saturated rings. The number of amides is 1. The van der Waals surface area contributed by atoms with Crippen LogP contribution in [0.25, 0.3) is 6.08 Å². The average Bonchev–Trinajstić information content (AvgIpc) is 2.78. The Morgan fingerprint density at radius 1 is 1.19 bits per heavy atom. The Morgan fingerprint density at radius 2 is 2.00 bits per heavy atom. The molecule has 0 saturated carbocycles. The summed E-state index contributed by atoms with van der Waals surface area (Å²) >= 11 is 6.13. The zero-order chi connectivity index (χ0) is 18.5. The van der Waals surface area contributed by atoms with E-state index in [0.717, 1.165) is 5.56 Å². The third kappa shape index (κ3) is 2.45. The van der Waals surface area contributed by atoms with Gasteiger partial charge in [0.15, 0.2) is 0 Å². The zero-order valence-corrected chi connectivity index (χ0v) is 16.1. The van der Waals surface area contributed by atoms with Crippen molar-refractivity contribution < 1.29 is 4.79 Å². The van der Waals surface area contributed by atoms with E-state index >= 15 is 0 Å². The first-order chi connectivity index (χ1) is 12.3. The van der Waals surface area contributed by atoms with Crippen molar-refractivity contribution in [3.8, 4) is 0 Å². The molecule has 1 saturated heterocycles. The molecule has 0 aliphatic carbocycles. The summed E-state index contributed by atoms with van der Waals surface area (Å²) in [6.07, 6.45) is 4.70. The molecule has 0 radical (unpaired) electrons. The fourth-order valence-electron chi connectivity index (χ4n) is 4.29. The average molecular weight is 367 g/mol. The van der Waals surface area contributed by atoms with Gasteiger partial charge in [-0.05, 0) is 42.3 Å². The monoisotopic (exact) mass is 366 g/mol. The molecule has 2 aromatic rings. The Bertz CT molecular complexity index is 918. The van der Waals surface area contributed by atoms with Crippen LogP contribution >= 0.6 is 11.6 Å². The standard InChI is InChI=1S/C22H23ClN2O/c1-15-7-8-19-18(13-15)21(2,3)22(24-20(26)10-12-25(19)22)11-9-16-5-4-6-17(23)14-16/h4-9,11,13-14H,10,12H2,1-3H3,(H,24,26). The van der Waals surface area contributed by atoms with Gasteiger partial charge >= 0.3 is 0 Å². The number of rotatable bonds is 2. The molecule has 0 spiro atoms. The molecule has 0 aromatic heterocycles. The van der Waals surface area contributed by atoms with Crippen LogP contribution in [0, 0.1) is 6.92 Å². The lowest BCUT2D eigenvalue weighted by molar-refractivity contribution is -0.124. The van der Waals surface area contributed by atoms with Crippen molar-refractivity contribution in [3.63, 3.8) is 0 Å². The number of hydrogen-bond donors (Lipinski definition) is 1. The summed E-state index contributed by atoms with van der Waals surface area (Å²) in [7, 11) is 0. The van der Waals surface area contributed by atoms with Gasteiger partial charge in [-0.3, -0.25) is 4.79 Å². The molecule has 1 atom stereocenters. The molecule has 2 aliphatic heterocycles. The van der Waals surface area contributed by atoms with E-state index in [0.29, 0.717) is 18.0 Å². The predicted octanol–water partition coefficient (Wildman–Crippen LogP) is 4.68. The van der Waals surface area contributed by atoms with Crippen LogP contribution in [-0.4, -0.2) is 18.1 Å². The minimum atomic E-state index is -0.583. The number of carbonyl (C=O) groups is 1. The van der Waals surface area contributed by atoms with Gasteiger partial charge in [0.2, 0.25) is 5.91 Å². The third-order valence-electron chi connectivity index (χ3n) is 5.75. The topological polar surface area (TPSA) is 32.3 Å². The number of carbonyl (C=O) groups excluding carboxylic acids is 1. The van der Waals surface area contributed by atoms with E-state index in [1.165, 1.54) is 16.8 Å². The van der Waals surface area contributed by atoms with E-state index in [1.54, 1.807) is 0 Å². The fourth-order valence-corrected chi connectivity index (χ4v) is 4.49. The minimum absolute atomic E-state index is 0.0922. The summed E-state index contributed by atoms with van der Waals surface area (Å²) in [5.74, 6) is 0.0922. The van der Waals surface area contributed by atoms with Crippen LogP contribution in [0.2, 0.25) is 5.02 Å². The Morgan fingerprint density at radius 3 is 2.77 bits per heavy atom. The molecule has 0 bridgehead atoms. The first-order valence-corrected chi connectivity index (χ1v) is 9.36. The van der Waals surface area contributed by atoms with Gasteiger partial charge in [-0.2, -0.15) is 0 Å². The van der Waals surface area contributed by atoms with Gasteiger partial charge in [0.25, 0.3) is 0 Å². The fraction of sp³-hybridized carbons (Fsp3) is 0.318. The van der Waals surface area contributed by atoms with Gasteiger partial charge < -0.3 is 10.2 Å². The van der Waals surface area contributed by atoms with Gasteiger partial charge in [0, 0.05) is 29.1 Å². The van der Waals surface area contributed by atoms with Crippen molar-refractivity contribution in [1.29, 1.82) is 0 Å². The van der Waals surface area contributed by atoms with Gasteiger partial charge in [-0.1, -0.05) is 61.4 Å². The lowest BCUT2D eigenvalue weighted by atomic mass is 9.74. The highest BCUT2D eigenvalue weighted by Crippen LogP contribution is 2.52. The van der Waals surface area contributed by atoms with E-state index < -0.39 is 5.66 Å². The van der Waals surface area contributed by atoms with E-state index in [4.69, 9.17) is 11.6 Å². The minimum Gasteiger partial charge on any atom is -0.344 e. The summed E-state index contributed by atoms with van der Waals surface area (Å²) < 4.78 is 0. The molecular formula is C22H23ClN2O. The number of hydrogen-bond acceptors (Lipinski definition) is 2. The summed E-state index contributed by atoms with van der Waals surface area (Å²) in [6, 6.07) is 14.3. The highest BCUT2D eigenvalue weighted by molar-refractivity contribution is 6.30. The molecule has 134 valence electrons. The highest BCUT2D eigenvalue weighted by atomic mass is 35.5. The molecule has 1 N–H and O–H groups in total. The maximum Gasteiger partial charge on any atom is 0.223 e. The molecule has 2 aliphatic rings. The number of fused-ring (bicyclic) bond motifs is 3. The molecular weight excluding hydrogens is 344 g/mol. The Kier molecular flexibility index (Phi) is 3.89. The SMILES string of the molecule is Cc1ccc2c(c1)C(C)(C)C1(C=Cc3cccc(Cl)c3)NC(=O)CCN21. The van der Waals surface area contributed by atoms with E-state index in [2.05, 4.69) is 61.3 Å². The summed E-state index contributed by atoms with van der Waals surface area (Å²) in [6.45, 7) is 7.24. The maximum absolute atomic E-state index is 12.4. The lowest BCUT2D eigenvalue weighted by Crippen LogP contribution is -2.68. The predicted molar refractivity (Wildman–Crippen MR) is 108 cm³/mol. The number of anilines is 1. The van der Waals surface area contributed by atoms with Crippen molar-refractivity contribution in [1.82, 2.24) is 5.32 Å². The molecule has 4 heteroatoms. The smallest absolute Gasteiger partial charge is 0.223 e. The summed E-state index contributed by atoms with van der Waals surface area (Å²) in [5, 5.41) is 4.01. The first kappa shape index (κ1) is 17.2. The van der Waals surface area contributed by atoms with Crippen LogP contribution in [0.5, 0.6) is 0 Å². The van der Waals surface area contributed by atoms with E-state index in [-0.39, 0.29) is 11.3 Å². The van der Waals surface area contributed by atoms with Gasteiger partial charge in [0.1, 0.15) is 5.66 Å². The van der Waals surface area contributed by atoms with Crippen LogP contribution in [0.15, 0.2) is 48.5 Å². The second-order valence-corrected chi connectivity index (χ2v) is 8.19. The molecule has 3 nitrogen and oxygen atoms in total. The third-order valence-corrected chi connectivity index (χ3v) is 5.99. The second kappa shape index (κ2) is 5.88. The van der Waals surface area contributed by atoms with Crippen LogP contribution in [0.4, 0.5) is 5.69 Å². The quantitative estimate of drug-likeness (QED) is 0.837. The molecule has 1 unspecified atom stereocenters. The van der Waals surface area contributed by atoms with Crippen molar-refractivity contribution >= 4 is 29.3 Å². The number of benzene rings is 2. The van der Waals surface area contributed by atoms with Crippen molar-refractivity contribution in [2.24, 2.45) is 0 Å². The largest absolute Gasteiger partial charge is 0.344 e. The Hall–Kier alpha value is -2.26. The van der Waals surface area contributed by atoms with Crippen LogP contribution in [0.1, 0.15) is 37.0 Å². The van der Waals surface area contributed by atoms with Crippen molar-refractivity contribution in [2.45, 2.75) is 38.3 Å². The highest BCUT2D eigenvalue weighted by Gasteiger charge is 2.57.